The number of benzene rings is 3. The summed E-state index contributed by atoms with van der Waals surface area (Å²) in [4.78, 5) is 5.29. The lowest BCUT2D eigenvalue weighted by Gasteiger charge is -2.43. The minimum atomic E-state index is 0.0417. The highest BCUT2D eigenvalue weighted by Gasteiger charge is 2.41. The number of nitrogens with zero attached hydrogens (tertiary/aromatic N) is 1. The largest absolute Gasteiger partial charge is 0.298 e. The number of nitrogens with one attached hydrogen (secondary N) is 1. The summed E-state index contributed by atoms with van der Waals surface area (Å²) in [5.41, 5.74) is 14.4. The quantitative estimate of drug-likeness (QED) is 0.440. The maximum atomic E-state index is 9.44. The molecule has 0 radical (unpaired) electrons. The topological polar surface area (TPSA) is 36.2 Å². The first-order valence-electron chi connectivity index (χ1n) is 11.8. The standard InChI is InChI=1S/C31H32N2/c1-18-12-19(2)14-23(13-18)30-29(32)25-16-20(3)15-24-17-31(6,28(24)25)11-10-26(33-30)27-21(4)8-7-9-22(27)5/h7-10,12-16,32H,11,17H2,1-6H3/b26-10-,32-29?,33-30-/t31-/m0/s1. The van der Waals surface area contributed by atoms with Gasteiger partial charge in [-0.3, -0.25) is 5.41 Å². The number of aliphatic imine (C=N–C) groups is 1. The third kappa shape index (κ3) is 3.58. The monoisotopic (exact) mass is 432 g/mol. The summed E-state index contributed by atoms with van der Waals surface area (Å²) in [5, 5.41) is 9.44. The lowest BCUT2D eigenvalue weighted by Crippen LogP contribution is -2.38. The van der Waals surface area contributed by atoms with Gasteiger partial charge in [-0.25, -0.2) is 4.99 Å². The van der Waals surface area contributed by atoms with Crippen molar-refractivity contribution >= 4 is 17.1 Å². The smallest absolute Gasteiger partial charge is 0.0965 e. The summed E-state index contributed by atoms with van der Waals surface area (Å²) in [6.07, 6.45) is 4.30. The van der Waals surface area contributed by atoms with Gasteiger partial charge in [0.15, 0.2) is 0 Å². The lowest BCUT2D eigenvalue weighted by molar-refractivity contribution is 0.414. The molecule has 0 spiro atoms. The molecule has 3 aromatic rings. The number of aryl methyl sites for hydroxylation is 5. The summed E-state index contributed by atoms with van der Waals surface area (Å²) in [7, 11) is 0. The average Bonchev–Trinajstić information content (AvgIpc) is 2.75. The molecular weight excluding hydrogens is 400 g/mol. The summed E-state index contributed by atoms with van der Waals surface area (Å²) >= 11 is 0. The van der Waals surface area contributed by atoms with E-state index in [0.717, 1.165) is 35.4 Å². The first-order valence-corrected chi connectivity index (χ1v) is 11.8. The summed E-state index contributed by atoms with van der Waals surface area (Å²) in [6.45, 7) is 13.0. The van der Waals surface area contributed by atoms with Crippen molar-refractivity contribution in [2.45, 2.75) is 59.8 Å². The van der Waals surface area contributed by atoms with E-state index in [1.165, 1.54) is 44.5 Å². The van der Waals surface area contributed by atoms with Gasteiger partial charge in [-0.1, -0.05) is 60.0 Å². The Morgan fingerprint density at radius 2 is 1.48 bits per heavy atom. The molecule has 1 atom stereocenters. The van der Waals surface area contributed by atoms with Crippen LogP contribution in [0.5, 0.6) is 0 Å². The Morgan fingerprint density at radius 3 is 2.15 bits per heavy atom. The van der Waals surface area contributed by atoms with Gasteiger partial charge in [-0.2, -0.15) is 0 Å². The van der Waals surface area contributed by atoms with E-state index < -0.39 is 0 Å². The Labute approximate surface area is 197 Å². The fourth-order valence-electron chi connectivity index (χ4n) is 5.86. The highest BCUT2D eigenvalue weighted by molar-refractivity contribution is 6.53. The molecule has 2 heteroatoms. The normalized spacial score (nSPS) is 22.7. The summed E-state index contributed by atoms with van der Waals surface area (Å²) in [5.74, 6) is 0. The Hall–Kier alpha value is -3.26. The van der Waals surface area contributed by atoms with Crippen molar-refractivity contribution in [1.29, 1.82) is 5.41 Å². The van der Waals surface area contributed by atoms with E-state index in [-0.39, 0.29) is 5.41 Å². The molecule has 0 bridgehead atoms. The summed E-state index contributed by atoms with van der Waals surface area (Å²) in [6, 6.07) is 17.4. The van der Waals surface area contributed by atoms with Crippen LogP contribution in [0.4, 0.5) is 0 Å². The van der Waals surface area contributed by atoms with Crippen molar-refractivity contribution in [2.24, 2.45) is 4.99 Å². The van der Waals surface area contributed by atoms with Gasteiger partial charge in [0.05, 0.1) is 17.1 Å². The Balaban J connectivity index is 1.82. The second kappa shape index (κ2) is 7.66. The van der Waals surface area contributed by atoms with Crippen LogP contribution in [0.15, 0.2) is 59.6 Å². The van der Waals surface area contributed by atoms with E-state index in [1.54, 1.807) is 0 Å². The third-order valence-corrected chi connectivity index (χ3v) is 7.27. The molecule has 0 fully saturated rings. The number of rotatable bonds is 2. The first-order chi connectivity index (χ1) is 15.7. The minimum Gasteiger partial charge on any atom is -0.298 e. The van der Waals surface area contributed by atoms with Gasteiger partial charge >= 0.3 is 0 Å². The van der Waals surface area contributed by atoms with E-state index >= 15 is 0 Å². The number of hydrogen-bond acceptors (Lipinski definition) is 2. The SMILES string of the molecule is Cc1cc(C)cc(/C2=N/C(c3c(C)cccc3C)=C\C[C@@]3(C)Cc4cc(C)cc(c43)C2=N)c1. The Kier molecular flexibility index (Phi) is 5.01. The molecule has 1 aliphatic carbocycles. The van der Waals surface area contributed by atoms with Crippen molar-refractivity contribution in [1.82, 2.24) is 0 Å². The fraction of sp³-hybridized carbons (Fsp3) is 0.290. The number of allylic oxidation sites excluding steroid dienone is 1. The third-order valence-electron chi connectivity index (χ3n) is 7.27. The molecule has 1 aliphatic heterocycles. The molecule has 0 aromatic heterocycles. The van der Waals surface area contributed by atoms with Gasteiger partial charge in [-0.05, 0) is 87.9 Å². The number of hydrogen-bond donors (Lipinski definition) is 1. The van der Waals surface area contributed by atoms with Crippen molar-refractivity contribution in [3.8, 4) is 0 Å². The molecule has 0 amide bonds. The van der Waals surface area contributed by atoms with Crippen LogP contribution in [-0.4, -0.2) is 11.4 Å². The molecule has 0 unspecified atom stereocenters. The second-order valence-electron chi connectivity index (χ2n) is 10.4. The highest BCUT2D eigenvalue weighted by Crippen LogP contribution is 2.48. The molecule has 2 nitrogen and oxygen atoms in total. The Morgan fingerprint density at radius 1 is 0.848 bits per heavy atom. The maximum Gasteiger partial charge on any atom is 0.0965 e. The zero-order valence-corrected chi connectivity index (χ0v) is 20.6. The molecule has 2 aliphatic rings. The maximum absolute atomic E-state index is 9.44. The van der Waals surface area contributed by atoms with Crippen molar-refractivity contribution in [3.63, 3.8) is 0 Å². The predicted molar refractivity (Wildman–Crippen MR) is 140 cm³/mol. The van der Waals surface area contributed by atoms with E-state index in [0.29, 0.717) is 5.71 Å². The van der Waals surface area contributed by atoms with Gasteiger partial charge in [-0.15, -0.1) is 0 Å². The zero-order valence-electron chi connectivity index (χ0n) is 20.6. The molecule has 0 saturated carbocycles. The molecular formula is C31H32N2. The second-order valence-corrected chi connectivity index (χ2v) is 10.4. The van der Waals surface area contributed by atoms with E-state index in [2.05, 4.69) is 96.1 Å². The molecule has 3 aromatic carbocycles. The predicted octanol–water partition coefficient (Wildman–Crippen LogP) is 7.34. The fourth-order valence-corrected chi connectivity index (χ4v) is 5.86. The summed E-state index contributed by atoms with van der Waals surface area (Å²) < 4.78 is 0. The van der Waals surface area contributed by atoms with Crippen molar-refractivity contribution in [2.75, 3.05) is 0 Å². The molecule has 1 N–H and O–H groups in total. The highest BCUT2D eigenvalue weighted by atomic mass is 14.8. The van der Waals surface area contributed by atoms with Crippen LogP contribution in [0.25, 0.3) is 5.70 Å². The van der Waals surface area contributed by atoms with Crippen molar-refractivity contribution in [3.05, 3.63) is 110 Å². The van der Waals surface area contributed by atoms with Crippen molar-refractivity contribution < 1.29 is 0 Å². The van der Waals surface area contributed by atoms with Gasteiger partial charge in [0.2, 0.25) is 0 Å². The molecule has 166 valence electrons. The molecule has 1 heterocycles. The Bertz CT molecular complexity index is 1350. The van der Waals surface area contributed by atoms with E-state index in [1.807, 2.05) is 0 Å². The zero-order chi connectivity index (χ0) is 23.5. The van der Waals surface area contributed by atoms with Gasteiger partial charge in [0.1, 0.15) is 0 Å². The first kappa shape index (κ1) is 21.6. The lowest BCUT2D eigenvalue weighted by atomic mass is 9.61. The van der Waals surface area contributed by atoms with E-state index in [9.17, 15) is 5.41 Å². The van der Waals surface area contributed by atoms with Gasteiger partial charge in [0, 0.05) is 22.1 Å². The van der Waals surface area contributed by atoms with Crippen LogP contribution in [0.1, 0.15) is 69.0 Å². The average molecular weight is 433 g/mol. The van der Waals surface area contributed by atoms with Crippen LogP contribution >= 0.6 is 0 Å². The van der Waals surface area contributed by atoms with Crippen LogP contribution < -0.4 is 0 Å². The molecule has 0 saturated heterocycles. The van der Waals surface area contributed by atoms with Crippen LogP contribution in [0.2, 0.25) is 0 Å². The van der Waals surface area contributed by atoms with Gasteiger partial charge < -0.3 is 0 Å². The van der Waals surface area contributed by atoms with E-state index in [4.69, 9.17) is 4.99 Å². The van der Waals surface area contributed by atoms with Crippen LogP contribution in [0, 0.1) is 40.0 Å². The van der Waals surface area contributed by atoms with Crippen LogP contribution in [-0.2, 0) is 11.8 Å². The minimum absolute atomic E-state index is 0.0417. The van der Waals surface area contributed by atoms with Gasteiger partial charge in [0.25, 0.3) is 0 Å². The molecule has 5 rings (SSSR count). The molecule has 33 heavy (non-hydrogen) atoms. The van der Waals surface area contributed by atoms with Crippen LogP contribution in [0.3, 0.4) is 0 Å².